The molecule has 0 radical (unpaired) electrons. The first-order valence-electron chi connectivity index (χ1n) is 8.54. The molecule has 5 nitrogen and oxygen atoms in total. The molecule has 1 N–H and O–H groups in total. The Bertz CT molecular complexity index is 1040. The van der Waals surface area contributed by atoms with E-state index in [1.807, 2.05) is 0 Å². The number of amides is 1. The fourth-order valence-electron chi connectivity index (χ4n) is 2.94. The molecule has 1 fully saturated rings. The van der Waals surface area contributed by atoms with Gasteiger partial charge in [0.2, 0.25) is 0 Å². The lowest BCUT2D eigenvalue weighted by Crippen LogP contribution is -2.49. The number of benzene rings is 1. The lowest BCUT2D eigenvalue weighted by atomic mass is 9.92. The molecular formula is C18H14F6N2O3S. The Labute approximate surface area is 167 Å². The number of hydrogen-bond acceptors (Lipinski definition) is 4. The van der Waals surface area contributed by atoms with Crippen LogP contribution in [0.4, 0.5) is 26.3 Å². The van der Waals surface area contributed by atoms with Crippen LogP contribution in [0.3, 0.4) is 0 Å². The summed E-state index contributed by atoms with van der Waals surface area (Å²) in [5.41, 5.74) is -2.37. The van der Waals surface area contributed by atoms with E-state index in [0.717, 1.165) is 30.5 Å². The van der Waals surface area contributed by atoms with Gasteiger partial charge in [0.15, 0.2) is 9.84 Å². The zero-order valence-corrected chi connectivity index (χ0v) is 15.8. The van der Waals surface area contributed by atoms with Crippen molar-refractivity contribution in [2.45, 2.75) is 41.4 Å². The Hall–Kier alpha value is -2.63. The average molecular weight is 452 g/mol. The van der Waals surface area contributed by atoms with Crippen molar-refractivity contribution in [2.24, 2.45) is 0 Å². The van der Waals surface area contributed by atoms with E-state index >= 15 is 0 Å². The number of sulfone groups is 1. The van der Waals surface area contributed by atoms with Crippen LogP contribution in [0.5, 0.6) is 0 Å². The molecule has 0 bridgehead atoms. The molecule has 30 heavy (non-hydrogen) atoms. The molecule has 12 heteroatoms. The van der Waals surface area contributed by atoms with Gasteiger partial charge in [0.1, 0.15) is 5.69 Å². The van der Waals surface area contributed by atoms with Gasteiger partial charge in [-0.15, -0.1) is 0 Å². The first kappa shape index (κ1) is 22.1. The topological polar surface area (TPSA) is 76.1 Å². The van der Waals surface area contributed by atoms with Crippen LogP contribution in [0.25, 0.3) is 0 Å². The summed E-state index contributed by atoms with van der Waals surface area (Å²) in [4.78, 5) is 14.8. The third-order valence-corrected chi connectivity index (χ3v) is 6.85. The Morgan fingerprint density at radius 2 is 1.67 bits per heavy atom. The van der Waals surface area contributed by atoms with Gasteiger partial charge in [-0.05, 0) is 43.2 Å². The van der Waals surface area contributed by atoms with Gasteiger partial charge in [-0.3, -0.25) is 9.78 Å². The van der Waals surface area contributed by atoms with E-state index in [9.17, 15) is 39.6 Å². The van der Waals surface area contributed by atoms with Gasteiger partial charge in [-0.2, -0.15) is 26.3 Å². The molecule has 2 aromatic rings. The Morgan fingerprint density at radius 1 is 1.00 bits per heavy atom. The van der Waals surface area contributed by atoms with Crippen LogP contribution in [0.2, 0.25) is 0 Å². The van der Waals surface area contributed by atoms with Gasteiger partial charge in [0.25, 0.3) is 5.91 Å². The minimum Gasteiger partial charge on any atom is -0.349 e. The second-order valence-electron chi connectivity index (χ2n) is 6.76. The summed E-state index contributed by atoms with van der Waals surface area (Å²) < 4.78 is 101. The predicted octanol–water partition coefficient (Wildman–Crippen LogP) is 3.85. The smallest absolute Gasteiger partial charge is 0.349 e. The van der Waals surface area contributed by atoms with Crippen LogP contribution < -0.4 is 5.32 Å². The van der Waals surface area contributed by atoms with E-state index in [4.69, 9.17) is 0 Å². The van der Waals surface area contributed by atoms with Crippen molar-refractivity contribution in [1.29, 1.82) is 0 Å². The fraction of sp³-hybridized carbons (Fsp3) is 0.333. The molecule has 1 amide bonds. The van der Waals surface area contributed by atoms with Crippen LogP contribution in [0.1, 0.15) is 34.5 Å². The van der Waals surface area contributed by atoms with E-state index < -0.39 is 55.5 Å². The van der Waals surface area contributed by atoms with Crippen LogP contribution >= 0.6 is 0 Å². The third-order valence-electron chi connectivity index (χ3n) is 4.67. The number of nitrogens with one attached hydrogen (secondary N) is 1. The van der Waals surface area contributed by atoms with Gasteiger partial charge in [0, 0.05) is 12.2 Å². The molecule has 1 aliphatic carbocycles. The van der Waals surface area contributed by atoms with Crippen LogP contribution in [-0.4, -0.2) is 30.6 Å². The Balaban J connectivity index is 1.62. The number of alkyl halides is 6. The van der Waals surface area contributed by atoms with Crippen molar-refractivity contribution < 1.29 is 39.6 Å². The summed E-state index contributed by atoms with van der Waals surface area (Å²) in [5.74, 6) is -0.726. The molecule has 0 saturated heterocycles. The van der Waals surface area contributed by atoms with Crippen LogP contribution in [0, 0.1) is 0 Å². The van der Waals surface area contributed by atoms with Crippen molar-refractivity contribution in [2.75, 3.05) is 0 Å². The summed E-state index contributed by atoms with van der Waals surface area (Å²) >= 11 is 0. The zero-order valence-electron chi connectivity index (χ0n) is 15.0. The summed E-state index contributed by atoms with van der Waals surface area (Å²) in [6.45, 7) is 0. The van der Waals surface area contributed by atoms with Gasteiger partial charge >= 0.3 is 12.4 Å². The van der Waals surface area contributed by atoms with Crippen LogP contribution in [0.15, 0.2) is 47.5 Å². The van der Waals surface area contributed by atoms with Crippen molar-refractivity contribution in [3.8, 4) is 0 Å². The monoisotopic (exact) mass is 452 g/mol. The maximum absolute atomic E-state index is 12.8. The number of pyridine rings is 1. The minimum atomic E-state index is -4.68. The normalized spacial score (nSPS) is 19.8. The van der Waals surface area contributed by atoms with Crippen molar-refractivity contribution >= 4 is 15.7 Å². The summed E-state index contributed by atoms with van der Waals surface area (Å²) in [6, 6.07) is 4.42. The highest BCUT2D eigenvalue weighted by Crippen LogP contribution is 2.35. The molecule has 0 atom stereocenters. The van der Waals surface area contributed by atoms with E-state index in [1.165, 1.54) is 0 Å². The van der Waals surface area contributed by atoms with E-state index in [1.54, 1.807) is 0 Å². The molecule has 0 spiro atoms. The van der Waals surface area contributed by atoms with Crippen molar-refractivity contribution in [3.05, 3.63) is 59.4 Å². The molecule has 0 unspecified atom stereocenters. The van der Waals surface area contributed by atoms with Gasteiger partial charge < -0.3 is 5.32 Å². The SMILES string of the molecule is O=C(N[C@H]1C[C@H](S(=O)(=O)c2cccc(C(F)(F)F)c2)C1)c1ccc(C(F)(F)F)nc1. The maximum atomic E-state index is 12.8. The Kier molecular flexibility index (Phi) is 5.56. The quantitative estimate of drug-likeness (QED) is 0.715. The lowest BCUT2D eigenvalue weighted by molar-refractivity contribution is -0.141. The molecule has 1 aromatic carbocycles. The number of rotatable bonds is 4. The summed E-state index contributed by atoms with van der Waals surface area (Å²) in [6.07, 6.45) is -8.63. The number of nitrogens with zero attached hydrogens (tertiary/aromatic N) is 1. The standard InChI is InChI=1S/C18H14F6N2O3S/c19-17(20,21)11-2-1-3-13(6-11)30(28,29)14-7-12(8-14)26-16(27)10-4-5-15(25-9-10)18(22,23)24/h1-6,9,12,14H,7-8H2,(H,26,27)/t12-,14-. The molecule has 1 aromatic heterocycles. The number of hydrogen-bond donors (Lipinski definition) is 1. The zero-order chi connectivity index (χ0) is 22.3. The molecule has 1 saturated carbocycles. The van der Waals surface area contributed by atoms with Gasteiger partial charge in [0.05, 0.1) is 21.3 Å². The molecule has 1 heterocycles. The average Bonchev–Trinajstić information content (AvgIpc) is 2.62. The number of halogens is 6. The fourth-order valence-corrected chi connectivity index (χ4v) is 4.86. The second kappa shape index (κ2) is 7.56. The first-order chi connectivity index (χ1) is 13.8. The highest BCUT2D eigenvalue weighted by Gasteiger charge is 2.41. The van der Waals surface area contributed by atoms with Crippen molar-refractivity contribution in [1.82, 2.24) is 10.3 Å². The van der Waals surface area contributed by atoms with E-state index in [0.29, 0.717) is 12.1 Å². The Morgan fingerprint density at radius 3 is 2.20 bits per heavy atom. The number of carbonyl (C=O) groups is 1. The predicted molar refractivity (Wildman–Crippen MR) is 92.1 cm³/mol. The van der Waals surface area contributed by atoms with Gasteiger partial charge in [-0.1, -0.05) is 6.07 Å². The maximum Gasteiger partial charge on any atom is 0.433 e. The minimum absolute atomic E-state index is 0.0294. The molecule has 1 aliphatic rings. The molecule has 0 aliphatic heterocycles. The summed E-state index contributed by atoms with van der Waals surface area (Å²) in [5, 5.41) is 1.50. The second-order valence-corrected chi connectivity index (χ2v) is 8.99. The highest BCUT2D eigenvalue weighted by atomic mass is 32.2. The molecule has 3 rings (SSSR count). The third kappa shape index (κ3) is 4.58. The lowest BCUT2D eigenvalue weighted by Gasteiger charge is -2.35. The molecule has 162 valence electrons. The van der Waals surface area contributed by atoms with Crippen molar-refractivity contribution in [3.63, 3.8) is 0 Å². The van der Waals surface area contributed by atoms with Crippen LogP contribution in [-0.2, 0) is 22.2 Å². The molecular weight excluding hydrogens is 438 g/mol. The first-order valence-corrected chi connectivity index (χ1v) is 10.1. The van der Waals surface area contributed by atoms with Gasteiger partial charge in [-0.25, -0.2) is 8.42 Å². The number of carbonyl (C=O) groups excluding carboxylic acids is 1. The largest absolute Gasteiger partial charge is 0.433 e. The van der Waals surface area contributed by atoms with E-state index in [2.05, 4.69) is 10.3 Å². The summed E-state index contributed by atoms with van der Waals surface area (Å²) in [7, 11) is -4.03. The van der Waals surface area contributed by atoms with E-state index in [-0.39, 0.29) is 18.4 Å². The number of aromatic nitrogens is 1. The highest BCUT2D eigenvalue weighted by molar-refractivity contribution is 7.92.